The molecule has 0 saturated carbocycles. The van der Waals surface area contributed by atoms with E-state index in [9.17, 15) is 9.59 Å². The van der Waals surface area contributed by atoms with Gasteiger partial charge in [0.25, 0.3) is 5.91 Å². The Hall–Kier alpha value is -2.44. The van der Waals surface area contributed by atoms with E-state index in [2.05, 4.69) is 10.3 Å². The molecule has 5 nitrogen and oxygen atoms in total. The summed E-state index contributed by atoms with van der Waals surface area (Å²) < 4.78 is 1.04. The molecule has 0 bridgehead atoms. The van der Waals surface area contributed by atoms with Crippen LogP contribution in [0.3, 0.4) is 0 Å². The first-order chi connectivity index (χ1) is 13.1. The molecule has 1 aliphatic heterocycles. The number of hydrogen-bond acceptors (Lipinski definition) is 4. The number of nitrogens with one attached hydrogen (secondary N) is 1. The van der Waals surface area contributed by atoms with Crippen LogP contribution in [0.5, 0.6) is 0 Å². The van der Waals surface area contributed by atoms with Crippen LogP contribution in [-0.2, 0) is 4.79 Å². The zero-order valence-electron chi connectivity index (χ0n) is 14.5. The average molecular weight is 400 g/mol. The number of rotatable bonds is 3. The molecule has 0 spiro atoms. The summed E-state index contributed by atoms with van der Waals surface area (Å²) in [5, 5.41) is 4.12. The first-order valence-electron chi connectivity index (χ1n) is 8.81. The topological polar surface area (TPSA) is 62.3 Å². The number of piperidine rings is 1. The Bertz CT molecular complexity index is 953. The van der Waals surface area contributed by atoms with Gasteiger partial charge in [-0.2, -0.15) is 0 Å². The van der Waals surface area contributed by atoms with Crippen LogP contribution < -0.4 is 5.32 Å². The lowest BCUT2D eigenvalue weighted by Crippen LogP contribution is -2.43. The van der Waals surface area contributed by atoms with Gasteiger partial charge in [-0.05, 0) is 49.2 Å². The molecule has 4 rings (SSSR count). The van der Waals surface area contributed by atoms with Crippen molar-refractivity contribution in [2.75, 3.05) is 18.4 Å². The minimum atomic E-state index is -0.234. The van der Waals surface area contributed by atoms with Crippen molar-refractivity contribution >= 4 is 50.1 Å². The van der Waals surface area contributed by atoms with Crippen molar-refractivity contribution < 1.29 is 9.59 Å². The van der Waals surface area contributed by atoms with Gasteiger partial charge in [0.1, 0.15) is 0 Å². The maximum Gasteiger partial charge on any atom is 0.253 e. The van der Waals surface area contributed by atoms with Gasteiger partial charge >= 0.3 is 0 Å². The van der Waals surface area contributed by atoms with Gasteiger partial charge in [0, 0.05) is 23.7 Å². The maximum atomic E-state index is 12.7. The van der Waals surface area contributed by atoms with E-state index < -0.39 is 0 Å². The SMILES string of the molecule is O=C(Nc1nc2ccccc2s1)C1CCCN(C(=O)c2ccc(Cl)cc2)C1. The van der Waals surface area contributed by atoms with E-state index in [0.29, 0.717) is 28.8 Å². The molecule has 1 aliphatic rings. The molecule has 0 radical (unpaired) electrons. The number of carbonyl (C=O) groups is 2. The lowest BCUT2D eigenvalue weighted by atomic mass is 9.96. The predicted octanol–water partition coefficient (Wildman–Crippen LogP) is 4.44. The molecular weight excluding hydrogens is 382 g/mol. The summed E-state index contributed by atoms with van der Waals surface area (Å²) in [7, 11) is 0. The Labute approximate surface area is 166 Å². The zero-order valence-corrected chi connectivity index (χ0v) is 16.1. The van der Waals surface area contributed by atoms with Crippen molar-refractivity contribution in [1.82, 2.24) is 9.88 Å². The minimum absolute atomic E-state index is 0.0656. The van der Waals surface area contributed by atoms with E-state index in [4.69, 9.17) is 11.6 Å². The smallest absolute Gasteiger partial charge is 0.253 e. The van der Waals surface area contributed by atoms with Crippen molar-refractivity contribution in [1.29, 1.82) is 0 Å². The molecule has 2 heterocycles. The van der Waals surface area contributed by atoms with Crippen LogP contribution in [0.15, 0.2) is 48.5 Å². The predicted molar refractivity (Wildman–Crippen MR) is 108 cm³/mol. The van der Waals surface area contributed by atoms with Gasteiger partial charge < -0.3 is 10.2 Å². The number of para-hydroxylation sites is 1. The molecule has 1 saturated heterocycles. The highest BCUT2D eigenvalue weighted by Crippen LogP contribution is 2.27. The molecule has 2 amide bonds. The van der Waals surface area contributed by atoms with Gasteiger partial charge in [0.15, 0.2) is 5.13 Å². The number of benzene rings is 2. The third-order valence-corrected chi connectivity index (χ3v) is 5.90. The number of fused-ring (bicyclic) bond motifs is 1. The van der Waals surface area contributed by atoms with E-state index in [0.717, 1.165) is 23.1 Å². The van der Waals surface area contributed by atoms with Crippen LogP contribution in [0, 0.1) is 5.92 Å². The van der Waals surface area contributed by atoms with Gasteiger partial charge in [-0.25, -0.2) is 4.98 Å². The molecule has 1 unspecified atom stereocenters. The van der Waals surface area contributed by atoms with E-state index in [1.807, 2.05) is 24.3 Å². The van der Waals surface area contributed by atoms with Crippen LogP contribution in [0.1, 0.15) is 23.2 Å². The second-order valence-corrected chi connectivity index (χ2v) is 8.04. The number of nitrogens with zero attached hydrogens (tertiary/aromatic N) is 2. The largest absolute Gasteiger partial charge is 0.338 e. The Balaban J connectivity index is 1.43. The highest BCUT2D eigenvalue weighted by Gasteiger charge is 2.29. The normalized spacial score (nSPS) is 17.1. The van der Waals surface area contributed by atoms with Gasteiger partial charge in [-0.1, -0.05) is 35.1 Å². The van der Waals surface area contributed by atoms with Gasteiger partial charge in [-0.3, -0.25) is 9.59 Å². The molecule has 3 aromatic rings. The Kier molecular flexibility index (Phi) is 5.09. The summed E-state index contributed by atoms with van der Waals surface area (Å²) in [6.45, 7) is 1.07. The third kappa shape index (κ3) is 3.96. The van der Waals surface area contributed by atoms with Crippen molar-refractivity contribution in [2.45, 2.75) is 12.8 Å². The highest BCUT2D eigenvalue weighted by atomic mass is 35.5. The summed E-state index contributed by atoms with van der Waals surface area (Å²) in [6.07, 6.45) is 1.57. The second-order valence-electron chi connectivity index (χ2n) is 6.57. The number of anilines is 1. The van der Waals surface area contributed by atoms with Crippen LogP contribution in [0.25, 0.3) is 10.2 Å². The number of carbonyl (C=O) groups excluding carboxylic acids is 2. The van der Waals surface area contributed by atoms with Crippen molar-refractivity contribution in [2.24, 2.45) is 5.92 Å². The fourth-order valence-corrected chi connectivity index (χ4v) is 4.28. The number of thiazole rings is 1. The van der Waals surface area contributed by atoms with E-state index in [1.165, 1.54) is 11.3 Å². The lowest BCUT2D eigenvalue weighted by Gasteiger charge is -2.32. The monoisotopic (exact) mass is 399 g/mol. The summed E-state index contributed by atoms with van der Waals surface area (Å²) in [4.78, 5) is 31.6. The molecule has 1 atom stereocenters. The first-order valence-corrected chi connectivity index (χ1v) is 10.0. The number of halogens is 1. The Morgan fingerprint density at radius 1 is 1.15 bits per heavy atom. The van der Waals surface area contributed by atoms with Gasteiger partial charge in [0.2, 0.25) is 5.91 Å². The van der Waals surface area contributed by atoms with Crippen molar-refractivity contribution in [3.63, 3.8) is 0 Å². The Morgan fingerprint density at radius 3 is 2.70 bits per heavy atom. The summed E-state index contributed by atoms with van der Waals surface area (Å²) in [5.41, 5.74) is 1.47. The van der Waals surface area contributed by atoms with E-state index >= 15 is 0 Å². The molecule has 2 aromatic carbocycles. The van der Waals surface area contributed by atoms with Crippen molar-refractivity contribution in [3.8, 4) is 0 Å². The molecule has 0 aliphatic carbocycles. The molecule has 1 N–H and O–H groups in total. The number of aromatic nitrogens is 1. The van der Waals surface area contributed by atoms with Gasteiger partial charge in [-0.15, -0.1) is 0 Å². The molecule has 1 aromatic heterocycles. The minimum Gasteiger partial charge on any atom is -0.338 e. The molecule has 7 heteroatoms. The molecule has 138 valence electrons. The number of likely N-dealkylation sites (tertiary alicyclic amines) is 1. The fourth-order valence-electron chi connectivity index (χ4n) is 3.28. The standard InChI is InChI=1S/C20H18ClN3O2S/c21-15-9-7-13(8-10-15)19(26)24-11-3-4-14(12-24)18(25)23-20-22-16-5-1-2-6-17(16)27-20/h1-2,5-10,14H,3-4,11-12H2,(H,22,23,25). The van der Waals surface area contributed by atoms with E-state index in [1.54, 1.807) is 29.2 Å². The van der Waals surface area contributed by atoms with Gasteiger partial charge in [0.05, 0.1) is 16.1 Å². The van der Waals surface area contributed by atoms with Crippen molar-refractivity contribution in [3.05, 3.63) is 59.1 Å². The molecule has 27 heavy (non-hydrogen) atoms. The van der Waals surface area contributed by atoms with E-state index in [-0.39, 0.29) is 17.7 Å². The maximum absolute atomic E-state index is 12.7. The Morgan fingerprint density at radius 2 is 1.93 bits per heavy atom. The lowest BCUT2D eigenvalue weighted by molar-refractivity contribution is -0.121. The highest BCUT2D eigenvalue weighted by molar-refractivity contribution is 7.22. The number of amides is 2. The van der Waals surface area contributed by atoms with Crippen LogP contribution >= 0.6 is 22.9 Å². The molecular formula is C20H18ClN3O2S. The number of hydrogen-bond donors (Lipinski definition) is 1. The average Bonchev–Trinajstić information content (AvgIpc) is 3.10. The first kappa shape index (κ1) is 17.9. The zero-order chi connectivity index (χ0) is 18.8. The second kappa shape index (κ2) is 7.66. The summed E-state index contributed by atoms with van der Waals surface area (Å²) >= 11 is 7.35. The van der Waals surface area contributed by atoms with Crippen LogP contribution in [0.4, 0.5) is 5.13 Å². The third-order valence-electron chi connectivity index (χ3n) is 4.69. The van der Waals surface area contributed by atoms with Crippen LogP contribution in [0.2, 0.25) is 5.02 Å². The summed E-state index contributed by atoms with van der Waals surface area (Å²) in [5.74, 6) is -0.381. The summed E-state index contributed by atoms with van der Waals surface area (Å²) in [6, 6.07) is 14.6. The molecule has 1 fully saturated rings. The fraction of sp³-hybridized carbons (Fsp3) is 0.250. The quantitative estimate of drug-likeness (QED) is 0.708. The van der Waals surface area contributed by atoms with Crippen LogP contribution in [-0.4, -0.2) is 34.8 Å².